The van der Waals surface area contributed by atoms with Crippen LogP contribution in [0.3, 0.4) is 0 Å². The van der Waals surface area contributed by atoms with Crippen LogP contribution in [0.2, 0.25) is 0 Å². The number of hydrogen-bond acceptors (Lipinski definition) is 5. The fraction of sp³-hybridized carbons (Fsp3) is 0.200. The van der Waals surface area contributed by atoms with Gasteiger partial charge in [0.25, 0.3) is 5.91 Å². The van der Waals surface area contributed by atoms with Crippen molar-refractivity contribution in [2.24, 2.45) is 0 Å². The number of para-hydroxylation sites is 3. The third-order valence-electron chi connectivity index (χ3n) is 4.78. The van der Waals surface area contributed by atoms with E-state index in [4.69, 9.17) is 4.98 Å². The number of likely N-dealkylation sites (tertiary alicyclic amines) is 1. The van der Waals surface area contributed by atoms with E-state index in [-0.39, 0.29) is 11.9 Å². The lowest BCUT2D eigenvalue weighted by Crippen LogP contribution is -2.31. The average molecular weight is 360 g/mol. The number of aromatic nitrogens is 3. The van der Waals surface area contributed by atoms with Crippen LogP contribution in [0.1, 0.15) is 34.4 Å². The van der Waals surface area contributed by atoms with Gasteiger partial charge in [0.2, 0.25) is 0 Å². The van der Waals surface area contributed by atoms with Gasteiger partial charge in [0.05, 0.1) is 33.5 Å². The molecule has 0 unspecified atom stereocenters. The first-order valence-electron chi connectivity index (χ1n) is 8.68. The lowest BCUT2D eigenvalue weighted by molar-refractivity contribution is 0.0729. The molecule has 26 heavy (non-hydrogen) atoms. The highest BCUT2D eigenvalue weighted by Crippen LogP contribution is 2.37. The highest BCUT2D eigenvalue weighted by Gasteiger charge is 2.33. The Kier molecular flexibility index (Phi) is 3.64. The van der Waals surface area contributed by atoms with Gasteiger partial charge in [0.15, 0.2) is 0 Å². The summed E-state index contributed by atoms with van der Waals surface area (Å²) in [6, 6.07) is 15.7. The summed E-state index contributed by atoms with van der Waals surface area (Å²) in [7, 11) is 0. The molecule has 2 aromatic carbocycles. The Morgan fingerprint density at radius 3 is 2.62 bits per heavy atom. The van der Waals surface area contributed by atoms with Gasteiger partial charge in [-0.05, 0) is 37.1 Å². The SMILES string of the molecule is O=C(c1cnc2ccccc2n1)N1CCC[C@@H]1c1nc2ccccc2s1. The van der Waals surface area contributed by atoms with Crippen molar-refractivity contribution in [1.29, 1.82) is 0 Å². The molecule has 128 valence electrons. The van der Waals surface area contributed by atoms with Crippen LogP contribution in [0.5, 0.6) is 0 Å². The summed E-state index contributed by atoms with van der Waals surface area (Å²) < 4.78 is 1.16. The normalized spacial score (nSPS) is 17.2. The smallest absolute Gasteiger partial charge is 0.274 e. The number of benzene rings is 2. The predicted molar refractivity (Wildman–Crippen MR) is 102 cm³/mol. The van der Waals surface area contributed by atoms with E-state index < -0.39 is 0 Å². The molecule has 4 aromatic rings. The second-order valence-electron chi connectivity index (χ2n) is 6.42. The minimum atomic E-state index is -0.0648. The van der Waals surface area contributed by atoms with E-state index in [0.29, 0.717) is 5.69 Å². The van der Waals surface area contributed by atoms with Crippen molar-refractivity contribution in [3.8, 4) is 0 Å². The van der Waals surface area contributed by atoms with E-state index in [1.165, 1.54) is 0 Å². The quantitative estimate of drug-likeness (QED) is 0.537. The number of hydrogen-bond donors (Lipinski definition) is 0. The highest BCUT2D eigenvalue weighted by atomic mass is 32.1. The molecule has 1 amide bonds. The van der Waals surface area contributed by atoms with Gasteiger partial charge in [0, 0.05) is 6.54 Å². The van der Waals surface area contributed by atoms with E-state index in [0.717, 1.165) is 45.6 Å². The van der Waals surface area contributed by atoms with Gasteiger partial charge in [-0.1, -0.05) is 24.3 Å². The van der Waals surface area contributed by atoms with Gasteiger partial charge in [0.1, 0.15) is 10.7 Å². The molecular weight excluding hydrogens is 344 g/mol. The molecule has 2 aromatic heterocycles. The zero-order valence-electron chi connectivity index (χ0n) is 14.0. The third kappa shape index (κ3) is 2.54. The van der Waals surface area contributed by atoms with Crippen molar-refractivity contribution in [2.75, 3.05) is 6.54 Å². The van der Waals surface area contributed by atoms with Crippen molar-refractivity contribution < 1.29 is 4.79 Å². The standard InChI is InChI=1S/C20H16N4OS/c25-20(16-12-21-13-6-1-2-7-14(13)22-16)24-11-5-9-17(24)19-23-15-8-3-4-10-18(15)26-19/h1-4,6-8,10,12,17H,5,9,11H2/t17-/m1/s1. The fourth-order valence-corrected chi connectivity index (χ4v) is 4.62. The number of carbonyl (C=O) groups excluding carboxylic acids is 1. The van der Waals surface area contributed by atoms with Crippen molar-refractivity contribution in [1.82, 2.24) is 19.9 Å². The second kappa shape index (κ2) is 6.14. The Hall–Kier alpha value is -2.86. The highest BCUT2D eigenvalue weighted by molar-refractivity contribution is 7.18. The molecule has 1 aliphatic heterocycles. The van der Waals surface area contributed by atoms with Gasteiger partial charge in [-0.3, -0.25) is 9.78 Å². The molecule has 0 aliphatic carbocycles. The second-order valence-corrected chi connectivity index (χ2v) is 7.48. The van der Waals surface area contributed by atoms with E-state index in [1.807, 2.05) is 47.4 Å². The third-order valence-corrected chi connectivity index (χ3v) is 5.91. The number of nitrogens with zero attached hydrogens (tertiary/aromatic N) is 4. The summed E-state index contributed by atoms with van der Waals surface area (Å²) >= 11 is 1.67. The van der Waals surface area contributed by atoms with Crippen LogP contribution in [0, 0.1) is 0 Å². The van der Waals surface area contributed by atoms with Gasteiger partial charge in [-0.15, -0.1) is 11.3 Å². The number of fused-ring (bicyclic) bond motifs is 2. The summed E-state index contributed by atoms with van der Waals surface area (Å²) in [4.78, 5) is 28.7. The molecule has 0 bridgehead atoms. The lowest BCUT2D eigenvalue weighted by Gasteiger charge is -2.22. The zero-order valence-corrected chi connectivity index (χ0v) is 14.8. The van der Waals surface area contributed by atoms with E-state index in [9.17, 15) is 4.79 Å². The lowest BCUT2D eigenvalue weighted by atomic mass is 10.2. The molecule has 1 saturated heterocycles. The number of carbonyl (C=O) groups is 1. The minimum absolute atomic E-state index is 0.0215. The van der Waals surface area contributed by atoms with Crippen molar-refractivity contribution in [2.45, 2.75) is 18.9 Å². The molecule has 6 heteroatoms. The molecule has 0 spiro atoms. The predicted octanol–water partition coefficient (Wildman–Crippen LogP) is 4.22. The van der Waals surface area contributed by atoms with Crippen molar-refractivity contribution >= 4 is 38.5 Å². The maximum absolute atomic E-state index is 13.1. The van der Waals surface area contributed by atoms with Crippen LogP contribution in [-0.2, 0) is 0 Å². The van der Waals surface area contributed by atoms with Crippen LogP contribution in [-0.4, -0.2) is 32.3 Å². The average Bonchev–Trinajstić information content (AvgIpc) is 3.33. The molecular formula is C20H16N4OS. The summed E-state index contributed by atoms with van der Waals surface area (Å²) in [6.07, 6.45) is 3.50. The Bertz CT molecular complexity index is 1090. The number of amides is 1. The topological polar surface area (TPSA) is 59.0 Å². The van der Waals surface area contributed by atoms with Crippen LogP contribution < -0.4 is 0 Å². The maximum atomic E-state index is 13.1. The number of thiazole rings is 1. The molecule has 0 saturated carbocycles. The summed E-state index contributed by atoms with van der Waals surface area (Å²) in [6.45, 7) is 0.730. The van der Waals surface area contributed by atoms with Gasteiger partial charge >= 0.3 is 0 Å². The summed E-state index contributed by atoms with van der Waals surface area (Å²) in [5, 5.41) is 1.01. The Morgan fingerprint density at radius 1 is 1.00 bits per heavy atom. The molecule has 5 nitrogen and oxygen atoms in total. The minimum Gasteiger partial charge on any atom is -0.328 e. The summed E-state index contributed by atoms with van der Waals surface area (Å²) in [5.74, 6) is -0.0648. The van der Waals surface area contributed by atoms with Crippen molar-refractivity contribution in [3.63, 3.8) is 0 Å². The van der Waals surface area contributed by atoms with E-state index in [1.54, 1.807) is 17.5 Å². The Balaban J connectivity index is 1.49. The maximum Gasteiger partial charge on any atom is 0.274 e. The molecule has 0 N–H and O–H groups in total. The zero-order chi connectivity index (χ0) is 17.5. The largest absolute Gasteiger partial charge is 0.328 e. The van der Waals surface area contributed by atoms with Crippen LogP contribution in [0.4, 0.5) is 0 Å². The molecule has 3 heterocycles. The molecule has 5 rings (SSSR count). The van der Waals surface area contributed by atoms with Gasteiger partial charge in [-0.2, -0.15) is 0 Å². The van der Waals surface area contributed by atoms with E-state index >= 15 is 0 Å². The number of rotatable bonds is 2. The monoisotopic (exact) mass is 360 g/mol. The first-order valence-corrected chi connectivity index (χ1v) is 9.49. The van der Waals surface area contributed by atoms with Crippen molar-refractivity contribution in [3.05, 3.63) is 65.4 Å². The molecule has 1 aliphatic rings. The molecule has 0 radical (unpaired) electrons. The van der Waals surface area contributed by atoms with E-state index in [2.05, 4.69) is 16.0 Å². The van der Waals surface area contributed by atoms with Gasteiger partial charge < -0.3 is 4.90 Å². The van der Waals surface area contributed by atoms with Crippen LogP contribution in [0.25, 0.3) is 21.3 Å². The van der Waals surface area contributed by atoms with Gasteiger partial charge in [-0.25, -0.2) is 9.97 Å². The Labute approximate surface area is 154 Å². The summed E-state index contributed by atoms with van der Waals surface area (Å²) in [5.41, 5.74) is 2.94. The first-order chi connectivity index (χ1) is 12.8. The Morgan fingerprint density at radius 2 is 1.77 bits per heavy atom. The van der Waals surface area contributed by atoms with Crippen LogP contribution in [0.15, 0.2) is 54.7 Å². The molecule has 1 atom stereocenters. The fourth-order valence-electron chi connectivity index (χ4n) is 3.51. The van der Waals surface area contributed by atoms with Crippen LogP contribution >= 0.6 is 11.3 Å². The first kappa shape index (κ1) is 15.4. The molecule has 1 fully saturated rings.